The number of hydrogen-bond donors (Lipinski definition) is 1. The Bertz CT molecular complexity index is 621. The summed E-state index contributed by atoms with van der Waals surface area (Å²) in [6.45, 7) is 9.12. The van der Waals surface area contributed by atoms with Gasteiger partial charge in [-0.1, -0.05) is 12.1 Å². The Morgan fingerprint density at radius 3 is 2.21 bits per heavy atom. The van der Waals surface area contributed by atoms with Gasteiger partial charge in [-0.3, -0.25) is 0 Å². The van der Waals surface area contributed by atoms with Gasteiger partial charge in [0, 0.05) is 12.5 Å². The van der Waals surface area contributed by atoms with Gasteiger partial charge in [0.05, 0.1) is 11.2 Å². The first kappa shape index (κ1) is 17.6. The molecule has 3 rings (SSSR count). The Balaban J connectivity index is 2.00. The first-order valence-electron chi connectivity index (χ1n) is 8.43. The van der Waals surface area contributed by atoms with E-state index in [9.17, 15) is 4.39 Å². The van der Waals surface area contributed by atoms with Crippen LogP contribution in [0.3, 0.4) is 0 Å². The van der Waals surface area contributed by atoms with E-state index in [1.165, 1.54) is 12.1 Å². The van der Waals surface area contributed by atoms with Crippen molar-refractivity contribution in [1.29, 1.82) is 0 Å². The Morgan fingerprint density at radius 2 is 1.71 bits per heavy atom. The number of nitrogens with one attached hydrogen (secondary N) is 1. The molecule has 24 heavy (non-hydrogen) atoms. The molecule has 2 heterocycles. The number of halogens is 2. The minimum absolute atomic E-state index is 0.0227. The number of hydrogen-bond acceptors (Lipinski definition) is 3. The lowest BCUT2D eigenvalue weighted by Crippen LogP contribution is -2.41. The van der Waals surface area contributed by atoms with Crippen LogP contribution in [-0.2, 0) is 9.31 Å². The van der Waals surface area contributed by atoms with Gasteiger partial charge in [-0.25, -0.2) is 8.78 Å². The average molecular weight is 335 g/mol. The van der Waals surface area contributed by atoms with Crippen molar-refractivity contribution >= 4 is 12.7 Å². The van der Waals surface area contributed by atoms with Gasteiger partial charge in [-0.15, -0.1) is 0 Å². The maximum absolute atomic E-state index is 15.4. The monoisotopic (exact) mass is 335 g/mol. The van der Waals surface area contributed by atoms with E-state index in [1.54, 1.807) is 12.1 Å². The largest absolute Gasteiger partial charge is 0.525 e. The molecule has 0 saturated carbocycles. The van der Waals surface area contributed by atoms with Crippen LogP contribution in [-0.4, -0.2) is 31.4 Å². The van der Waals surface area contributed by atoms with E-state index in [2.05, 4.69) is 5.32 Å². The molecule has 0 amide bonds. The molecule has 0 bridgehead atoms. The molecule has 2 aliphatic rings. The van der Waals surface area contributed by atoms with Gasteiger partial charge in [0.1, 0.15) is 11.5 Å². The topological polar surface area (TPSA) is 30.5 Å². The zero-order valence-electron chi connectivity index (χ0n) is 14.7. The molecule has 1 aromatic carbocycles. The van der Waals surface area contributed by atoms with E-state index >= 15 is 4.39 Å². The fraction of sp³-hybridized carbons (Fsp3) is 0.556. The lowest BCUT2D eigenvalue weighted by atomic mass is 9.78. The predicted molar refractivity (Wildman–Crippen MR) is 91.5 cm³/mol. The van der Waals surface area contributed by atoms with Gasteiger partial charge in [0.2, 0.25) is 0 Å². The second-order valence-electron chi connectivity index (χ2n) is 7.55. The lowest BCUT2D eigenvalue weighted by Gasteiger charge is -2.32. The third kappa shape index (κ3) is 3.15. The van der Waals surface area contributed by atoms with Gasteiger partial charge < -0.3 is 14.6 Å². The van der Waals surface area contributed by atoms with E-state index < -0.39 is 24.0 Å². The minimum Gasteiger partial charge on any atom is -0.398 e. The molecule has 0 aliphatic carbocycles. The molecule has 1 unspecified atom stereocenters. The molecule has 1 N–H and O–H groups in total. The Kier molecular flexibility index (Phi) is 4.58. The number of benzene rings is 1. The predicted octanol–water partition coefficient (Wildman–Crippen LogP) is 3.75. The molecule has 2 saturated heterocycles. The lowest BCUT2D eigenvalue weighted by molar-refractivity contribution is 0.00578. The summed E-state index contributed by atoms with van der Waals surface area (Å²) in [6.07, 6.45) is 0.833. The van der Waals surface area contributed by atoms with Crippen molar-refractivity contribution in [2.75, 3.05) is 13.1 Å². The van der Waals surface area contributed by atoms with Crippen molar-refractivity contribution in [3.05, 3.63) is 41.4 Å². The van der Waals surface area contributed by atoms with E-state index in [1.807, 2.05) is 27.7 Å². The van der Waals surface area contributed by atoms with Crippen LogP contribution in [0, 0.1) is 11.7 Å². The molecule has 3 nitrogen and oxygen atoms in total. The third-order valence-electron chi connectivity index (χ3n) is 5.34. The highest BCUT2D eigenvalue weighted by molar-refractivity contribution is 6.55. The van der Waals surface area contributed by atoms with Crippen LogP contribution < -0.4 is 5.32 Å². The van der Waals surface area contributed by atoms with Crippen LogP contribution in [0.15, 0.2) is 30.0 Å². The van der Waals surface area contributed by atoms with Gasteiger partial charge >= 0.3 is 7.12 Å². The standard InChI is InChI=1S/C18H24BF2NO2/c1-17(2)18(3,4)24-19(23-17)16(21)15(13-9-10-22-11-13)12-5-7-14(20)8-6-12/h5-8,13,22H,9-11H2,1-4H3. The van der Waals surface area contributed by atoms with Gasteiger partial charge in [-0.2, -0.15) is 0 Å². The summed E-state index contributed by atoms with van der Waals surface area (Å²) >= 11 is 0. The second kappa shape index (κ2) is 6.25. The van der Waals surface area contributed by atoms with Crippen LogP contribution in [0.4, 0.5) is 8.78 Å². The zero-order chi connectivity index (χ0) is 17.5. The first-order chi connectivity index (χ1) is 11.2. The fourth-order valence-electron chi connectivity index (χ4n) is 3.17. The molecule has 2 aliphatic heterocycles. The van der Waals surface area contributed by atoms with E-state index in [4.69, 9.17) is 9.31 Å². The number of rotatable bonds is 3. The molecule has 0 radical (unpaired) electrons. The summed E-state index contributed by atoms with van der Waals surface area (Å²) in [4.78, 5) is 0. The summed E-state index contributed by atoms with van der Waals surface area (Å²) in [6, 6.07) is 5.95. The maximum atomic E-state index is 15.4. The zero-order valence-corrected chi connectivity index (χ0v) is 14.7. The fourth-order valence-corrected chi connectivity index (χ4v) is 3.17. The molecular weight excluding hydrogens is 311 g/mol. The van der Waals surface area contributed by atoms with Crippen LogP contribution in [0.2, 0.25) is 0 Å². The van der Waals surface area contributed by atoms with Gasteiger partial charge in [-0.05, 0) is 63.9 Å². The highest BCUT2D eigenvalue weighted by Gasteiger charge is 2.54. The summed E-state index contributed by atoms with van der Waals surface area (Å²) in [5, 5.41) is 3.26. The molecule has 2 fully saturated rings. The van der Waals surface area contributed by atoms with Crippen LogP contribution >= 0.6 is 0 Å². The second-order valence-corrected chi connectivity index (χ2v) is 7.55. The summed E-state index contributed by atoms with van der Waals surface area (Å²) in [5.74, 6) is -0.312. The Hall–Kier alpha value is -1.24. The van der Waals surface area contributed by atoms with Crippen molar-refractivity contribution in [1.82, 2.24) is 5.32 Å². The molecule has 0 spiro atoms. The van der Waals surface area contributed by atoms with E-state index in [0.717, 1.165) is 13.0 Å². The summed E-state index contributed by atoms with van der Waals surface area (Å²) < 4.78 is 40.4. The SMILES string of the molecule is CC1(C)OB(C(F)=C(c2ccc(F)cc2)C2CCNC2)OC1(C)C. The van der Waals surface area contributed by atoms with E-state index in [-0.39, 0.29) is 11.7 Å². The summed E-state index contributed by atoms with van der Waals surface area (Å²) in [5.41, 5.74) is -0.377. The van der Waals surface area contributed by atoms with Gasteiger partial charge in [0.15, 0.2) is 0 Å². The quantitative estimate of drug-likeness (QED) is 0.854. The molecule has 130 valence electrons. The molecule has 1 aromatic rings. The van der Waals surface area contributed by atoms with Crippen LogP contribution in [0.1, 0.15) is 39.7 Å². The molecular formula is C18H24BF2NO2. The minimum atomic E-state index is -1.03. The highest BCUT2D eigenvalue weighted by atomic mass is 19.1. The molecule has 0 aromatic heterocycles. The van der Waals surface area contributed by atoms with Crippen molar-refractivity contribution in [3.8, 4) is 0 Å². The summed E-state index contributed by atoms with van der Waals surface area (Å²) in [7, 11) is -1.03. The van der Waals surface area contributed by atoms with E-state index in [0.29, 0.717) is 17.7 Å². The average Bonchev–Trinajstić information content (AvgIpc) is 3.08. The smallest absolute Gasteiger partial charge is 0.398 e. The van der Waals surface area contributed by atoms with Crippen molar-refractivity contribution < 1.29 is 18.1 Å². The Labute approximate surface area is 142 Å². The Morgan fingerprint density at radius 1 is 1.12 bits per heavy atom. The molecule has 1 atom stereocenters. The van der Waals surface area contributed by atoms with Crippen LogP contribution in [0.25, 0.3) is 5.57 Å². The highest BCUT2D eigenvalue weighted by Crippen LogP contribution is 2.42. The van der Waals surface area contributed by atoms with Crippen LogP contribution in [0.5, 0.6) is 0 Å². The normalized spacial score (nSPS) is 26.6. The molecule has 6 heteroatoms. The first-order valence-corrected chi connectivity index (χ1v) is 8.43. The maximum Gasteiger partial charge on any atom is 0.525 e. The third-order valence-corrected chi connectivity index (χ3v) is 5.34. The van der Waals surface area contributed by atoms with Crippen molar-refractivity contribution in [2.45, 2.75) is 45.3 Å². The van der Waals surface area contributed by atoms with Crippen molar-refractivity contribution in [2.24, 2.45) is 5.92 Å². The van der Waals surface area contributed by atoms with Gasteiger partial charge in [0.25, 0.3) is 0 Å². The van der Waals surface area contributed by atoms with Crippen molar-refractivity contribution in [3.63, 3.8) is 0 Å².